The van der Waals surface area contributed by atoms with E-state index < -0.39 is 66.1 Å². The van der Waals surface area contributed by atoms with Crippen molar-refractivity contribution < 1.29 is 57.8 Å². The van der Waals surface area contributed by atoms with Crippen molar-refractivity contribution in [2.45, 2.75) is 180 Å². The third-order valence-electron chi connectivity index (χ3n) is 13.1. The molecule has 13 heteroatoms. The van der Waals surface area contributed by atoms with Crippen molar-refractivity contribution in [1.82, 2.24) is 4.90 Å². The molecule has 3 heterocycles. The van der Waals surface area contributed by atoms with Crippen LogP contribution in [0.5, 0.6) is 0 Å². The first-order valence-corrected chi connectivity index (χ1v) is 21.7. The van der Waals surface area contributed by atoms with Crippen LogP contribution in [-0.2, 0) is 47.6 Å². The average Bonchev–Trinajstić information content (AvgIpc) is 3.20. The Morgan fingerprint density at radius 2 is 1.62 bits per heavy atom. The molecule has 2 N–H and O–H groups in total. The first-order chi connectivity index (χ1) is 27.5. The number of ketones is 2. The van der Waals surface area contributed by atoms with E-state index in [1.54, 1.807) is 35.2 Å². The monoisotopic (exact) mass is 820 g/mol. The van der Waals surface area contributed by atoms with Gasteiger partial charge in [0.1, 0.15) is 24.0 Å². The number of Topliss-reactive ketones (excluding diaryl/α,β-unsaturated/α-hetero) is 2. The van der Waals surface area contributed by atoms with Crippen LogP contribution < -0.4 is 0 Å². The molecule has 2 saturated heterocycles. The van der Waals surface area contributed by atoms with Crippen LogP contribution in [-0.4, -0.2) is 121 Å². The summed E-state index contributed by atoms with van der Waals surface area (Å²) in [5, 5.41) is 21.9. The third-order valence-corrected chi connectivity index (χ3v) is 13.1. The molecule has 0 aromatic heterocycles. The standard InChI is InChI=1S/C45H73NO12/c1-11-33-21-26(2)20-27(3)22-38(54-9)41-39(55-10)24-30(6)45(52,58-41)42(49)43(50)46-19-13-12-14-34(46)44(51)57-40(28(4)15-17-35(33)48)29(5)23-32-16-18-36(56-31(7)47)37(25-32)53-8/h21,23,27-28,30-34,36-41,47,52H,11-20,22,24-25H2,1-10H3. The lowest BCUT2D eigenvalue weighted by atomic mass is 9.82. The van der Waals surface area contributed by atoms with Crippen LogP contribution >= 0.6 is 0 Å². The Hall–Kier alpha value is -2.52. The molecule has 1 amide bonds. The van der Waals surface area contributed by atoms with E-state index in [0.29, 0.717) is 64.2 Å². The second-order valence-corrected chi connectivity index (χ2v) is 17.7. The predicted octanol–water partition coefficient (Wildman–Crippen LogP) is 5.86. The molecule has 14 atom stereocenters. The maximum absolute atomic E-state index is 14.3. The highest BCUT2D eigenvalue weighted by Gasteiger charge is 2.56. The Morgan fingerprint density at radius 1 is 0.948 bits per heavy atom. The van der Waals surface area contributed by atoms with Crippen molar-refractivity contribution in [3.63, 3.8) is 0 Å². The summed E-state index contributed by atoms with van der Waals surface area (Å²) < 4.78 is 35.9. The number of cyclic esters (lactones) is 1. The molecular weight excluding hydrogens is 746 g/mol. The van der Waals surface area contributed by atoms with Gasteiger partial charge in [0.25, 0.3) is 11.7 Å². The number of rotatable bonds is 8. The smallest absolute Gasteiger partial charge is 0.329 e. The highest BCUT2D eigenvalue weighted by atomic mass is 16.7. The van der Waals surface area contributed by atoms with Crippen molar-refractivity contribution in [2.75, 3.05) is 27.9 Å². The first-order valence-electron chi connectivity index (χ1n) is 21.7. The molecule has 0 aromatic rings. The Labute approximate surface area is 346 Å². The van der Waals surface area contributed by atoms with Crippen LogP contribution in [0.25, 0.3) is 0 Å². The minimum absolute atomic E-state index is 0.0827. The maximum Gasteiger partial charge on any atom is 0.329 e. The zero-order valence-electron chi connectivity index (χ0n) is 36.8. The zero-order chi connectivity index (χ0) is 42.9. The number of amides is 1. The Bertz CT molecular complexity index is 1460. The number of aliphatic hydroxyl groups is 2. The highest BCUT2D eigenvalue weighted by molar-refractivity contribution is 6.39. The Morgan fingerprint density at radius 3 is 2.26 bits per heavy atom. The topological polar surface area (TPSA) is 167 Å². The van der Waals surface area contributed by atoms with Crippen LogP contribution in [0.2, 0.25) is 0 Å². The number of methoxy groups -OCH3 is 3. The predicted molar refractivity (Wildman–Crippen MR) is 217 cm³/mol. The van der Waals surface area contributed by atoms with Crippen molar-refractivity contribution in [3.05, 3.63) is 23.3 Å². The van der Waals surface area contributed by atoms with Crippen molar-refractivity contribution in [1.29, 1.82) is 0 Å². The Kier molecular flexibility index (Phi) is 18.1. The normalized spacial score (nSPS) is 38.9. The summed E-state index contributed by atoms with van der Waals surface area (Å²) in [6.07, 6.45) is 6.61. The fourth-order valence-electron chi connectivity index (χ4n) is 9.79. The van der Waals surface area contributed by atoms with Gasteiger partial charge in [0.05, 0.1) is 24.4 Å². The minimum atomic E-state index is -2.47. The zero-order valence-corrected chi connectivity index (χ0v) is 36.8. The van der Waals surface area contributed by atoms with Gasteiger partial charge in [-0.05, 0) is 115 Å². The Balaban J connectivity index is 1.72. The largest absolute Gasteiger partial charge is 0.456 e. The van der Waals surface area contributed by atoms with Crippen LogP contribution in [0.3, 0.4) is 0 Å². The fourth-order valence-corrected chi connectivity index (χ4v) is 9.79. The van der Waals surface area contributed by atoms with Gasteiger partial charge in [0, 0.05) is 46.1 Å². The second-order valence-electron chi connectivity index (χ2n) is 17.7. The quantitative estimate of drug-likeness (QED) is 0.130. The number of aliphatic hydroxyl groups excluding tert-OH is 1. The number of hydrogen-bond acceptors (Lipinski definition) is 12. The molecule has 1 saturated carbocycles. The molecule has 3 fully saturated rings. The van der Waals surface area contributed by atoms with Gasteiger partial charge in [0.15, 0.2) is 6.29 Å². The minimum Gasteiger partial charge on any atom is -0.456 e. The SMILES string of the molecule is CCC1C=C(C)CC(C)CC(OC)C2OC(O)(C(=O)C(=O)N3CCCCC3C(=O)OC(C(C)=CC3CCC(OC(C)O)C(OC)C3)C(C)CCC1=O)C(C)CC2OC. The van der Waals surface area contributed by atoms with Crippen molar-refractivity contribution >= 4 is 23.4 Å². The molecule has 4 rings (SSSR count). The van der Waals surface area contributed by atoms with Crippen LogP contribution in [0.1, 0.15) is 126 Å². The van der Waals surface area contributed by atoms with Crippen LogP contribution in [0.4, 0.5) is 0 Å². The van der Waals surface area contributed by atoms with E-state index in [-0.39, 0.29) is 54.6 Å². The van der Waals surface area contributed by atoms with E-state index in [1.165, 1.54) is 4.90 Å². The molecule has 2 bridgehead atoms. The number of piperidine rings is 1. The van der Waals surface area contributed by atoms with Crippen LogP contribution in [0.15, 0.2) is 23.3 Å². The summed E-state index contributed by atoms with van der Waals surface area (Å²) in [7, 11) is 4.73. The van der Waals surface area contributed by atoms with E-state index in [9.17, 15) is 29.4 Å². The molecule has 0 radical (unpaired) electrons. The average molecular weight is 820 g/mol. The van der Waals surface area contributed by atoms with Gasteiger partial charge in [-0.1, -0.05) is 45.4 Å². The lowest BCUT2D eigenvalue weighted by Crippen LogP contribution is -2.64. The number of allylic oxidation sites excluding steroid dienone is 3. The summed E-state index contributed by atoms with van der Waals surface area (Å²) in [6.45, 7) is 13.4. The van der Waals surface area contributed by atoms with Crippen molar-refractivity contribution in [3.8, 4) is 0 Å². The molecule has 14 unspecified atom stereocenters. The van der Waals surface area contributed by atoms with Gasteiger partial charge < -0.3 is 43.5 Å². The molecule has 0 spiro atoms. The van der Waals surface area contributed by atoms with E-state index in [4.69, 9.17) is 28.4 Å². The van der Waals surface area contributed by atoms with Gasteiger partial charge in [-0.2, -0.15) is 0 Å². The molecular formula is C45H73NO12. The number of ether oxygens (including phenoxy) is 6. The summed E-state index contributed by atoms with van der Waals surface area (Å²) in [4.78, 5) is 57.9. The molecule has 0 aromatic carbocycles. The van der Waals surface area contributed by atoms with E-state index in [1.807, 2.05) is 27.7 Å². The molecule has 4 aliphatic rings. The fraction of sp³-hybridized carbons (Fsp3) is 0.822. The highest BCUT2D eigenvalue weighted by Crippen LogP contribution is 2.39. The van der Waals surface area contributed by atoms with Crippen LogP contribution in [0, 0.1) is 29.6 Å². The summed E-state index contributed by atoms with van der Waals surface area (Å²) in [5.74, 6) is -6.24. The van der Waals surface area contributed by atoms with Gasteiger partial charge in [-0.3, -0.25) is 14.4 Å². The molecule has 3 aliphatic heterocycles. The lowest BCUT2D eigenvalue weighted by molar-refractivity contribution is -0.302. The number of nitrogens with zero attached hydrogens (tertiary/aromatic N) is 1. The summed E-state index contributed by atoms with van der Waals surface area (Å²) >= 11 is 0. The number of fused-ring (bicyclic) bond motifs is 3. The number of carbonyl (C=O) groups is 4. The summed E-state index contributed by atoms with van der Waals surface area (Å²) in [6, 6.07) is -1.05. The van der Waals surface area contributed by atoms with Gasteiger partial charge in [0.2, 0.25) is 5.79 Å². The first kappa shape index (κ1) is 48.1. The lowest BCUT2D eigenvalue weighted by Gasteiger charge is -2.47. The van der Waals surface area contributed by atoms with E-state index in [2.05, 4.69) is 19.1 Å². The molecule has 330 valence electrons. The number of carbonyl (C=O) groups excluding carboxylic acids is 4. The summed E-state index contributed by atoms with van der Waals surface area (Å²) in [5.41, 5.74) is 1.90. The van der Waals surface area contributed by atoms with Gasteiger partial charge in [-0.15, -0.1) is 0 Å². The third kappa shape index (κ3) is 11.9. The molecule has 1 aliphatic carbocycles. The maximum atomic E-state index is 14.3. The molecule has 58 heavy (non-hydrogen) atoms. The molecule has 13 nitrogen and oxygen atoms in total. The number of esters is 1. The second kappa shape index (κ2) is 21.8. The van der Waals surface area contributed by atoms with Crippen molar-refractivity contribution in [2.24, 2.45) is 29.6 Å². The number of hydrogen-bond donors (Lipinski definition) is 2. The van der Waals surface area contributed by atoms with Gasteiger partial charge in [-0.25, -0.2) is 4.79 Å². The van der Waals surface area contributed by atoms with E-state index >= 15 is 0 Å². The van der Waals surface area contributed by atoms with E-state index in [0.717, 1.165) is 17.6 Å². The van der Waals surface area contributed by atoms with Gasteiger partial charge >= 0.3 is 5.97 Å².